The molecular formula is C25H34BrN3O5S. The molecule has 0 aromatic heterocycles. The van der Waals surface area contributed by atoms with Crippen LogP contribution in [0.25, 0.3) is 0 Å². The number of benzene rings is 1. The zero-order chi connectivity index (χ0) is 25.5. The molecule has 1 aromatic rings. The number of halogens is 1. The van der Waals surface area contributed by atoms with Gasteiger partial charge in [-0.3, -0.25) is 14.4 Å². The monoisotopic (exact) mass is 567 g/mol. The number of nitrogens with one attached hydrogen (secondary N) is 2. The predicted octanol–water partition coefficient (Wildman–Crippen LogP) is 2.79. The molecule has 3 aliphatic rings. The second-order valence-electron chi connectivity index (χ2n) is 10.5. The lowest BCUT2D eigenvalue weighted by atomic mass is 9.70. The van der Waals surface area contributed by atoms with Crippen LogP contribution >= 0.6 is 27.7 Å². The normalized spacial score (nSPS) is 31.4. The van der Waals surface area contributed by atoms with Gasteiger partial charge in [0.25, 0.3) is 0 Å². The molecule has 8 nitrogen and oxygen atoms in total. The number of nitrogens with zero attached hydrogens (tertiary/aromatic N) is 1. The van der Waals surface area contributed by atoms with Crippen LogP contribution in [0.2, 0.25) is 0 Å². The number of fused-ring (bicyclic) bond motifs is 1. The first-order chi connectivity index (χ1) is 16.5. The molecule has 3 saturated heterocycles. The van der Waals surface area contributed by atoms with Crippen molar-refractivity contribution in [1.29, 1.82) is 0 Å². The molecule has 1 spiro atoms. The summed E-state index contributed by atoms with van der Waals surface area (Å²) in [6, 6.07) is 6.48. The van der Waals surface area contributed by atoms with E-state index in [0.29, 0.717) is 25.1 Å². The summed E-state index contributed by atoms with van der Waals surface area (Å²) in [5.74, 6) is -1.03. The maximum atomic E-state index is 13.8. The van der Waals surface area contributed by atoms with E-state index in [4.69, 9.17) is 4.74 Å². The number of likely N-dealkylation sites (tertiary alicyclic amines) is 1. The van der Waals surface area contributed by atoms with Gasteiger partial charge in [0.2, 0.25) is 17.7 Å². The van der Waals surface area contributed by atoms with Crippen molar-refractivity contribution in [2.24, 2.45) is 11.8 Å². The summed E-state index contributed by atoms with van der Waals surface area (Å²) < 4.78 is 4.78. The Morgan fingerprint density at radius 3 is 2.54 bits per heavy atom. The van der Waals surface area contributed by atoms with E-state index in [1.807, 2.05) is 27.7 Å². The molecule has 4 rings (SSSR count). The molecule has 3 N–H and O–H groups in total. The second-order valence-corrected chi connectivity index (χ2v) is 13.2. The molecule has 1 aromatic carbocycles. The molecule has 0 aliphatic carbocycles. The molecule has 35 heavy (non-hydrogen) atoms. The smallest absolute Gasteiger partial charge is 0.244 e. The molecule has 3 unspecified atom stereocenters. The van der Waals surface area contributed by atoms with Gasteiger partial charge in [0.15, 0.2) is 0 Å². The van der Waals surface area contributed by atoms with Gasteiger partial charge in [0.05, 0.1) is 23.2 Å². The Balaban J connectivity index is 1.64. The summed E-state index contributed by atoms with van der Waals surface area (Å²) >= 11 is 5.36. The standard InChI is InChI=1S/C25H34BrN3O5S/c1-5-34-15-9-7-14(8-10-15)27-21(31)17-18-23(33)29(11-6-12-30)20(22(32)28-24(2,3)4)25(18)13-16(26)19(17)35-25/h7-10,16-20,30H,5-6,11-13H2,1-4H3,(H,27,31)(H,28,32)/t16?,17-,18+,19-,20?,25?/m1/s1. The van der Waals surface area contributed by atoms with Crippen LogP contribution in [0, 0.1) is 11.8 Å². The second kappa shape index (κ2) is 9.94. The first-order valence-electron chi connectivity index (χ1n) is 12.1. The lowest BCUT2D eigenvalue weighted by Crippen LogP contribution is -2.57. The highest BCUT2D eigenvalue weighted by Crippen LogP contribution is 2.67. The fourth-order valence-electron chi connectivity index (χ4n) is 5.68. The average Bonchev–Trinajstić information content (AvgIpc) is 3.36. The maximum absolute atomic E-state index is 13.8. The molecule has 3 heterocycles. The van der Waals surface area contributed by atoms with Crippen molar-refractivity contribution in [2.45, 2.75) is 66.9 Å². The summed E-state index contributed by atoms with van der Waals surface area (Å²) in [5, 5.41) is 15.4. The third-order valence-corrected chi connectivity index (χ3v) is 10.0. The first-order valence-corrected chi connectivity index (χ1v) is 13.9. The van der Waals surface area contributed by atoms with Crippen LogP contribution in [-0.4, -0.2) is 73.9 Å². The van der Waals surface area contributed by atoms with E-state index in [-0.39, 0.29) is 41.0 Å². The number of carbonyl (C=O) groups is 3. The highest BCUT2D eigenvalue weighted by atomic mass is 79.9. The number of carbonyl (C=O) groups excluding carboxylic acids is 3. The summed E-state index contributed by atoms with van der Waals surface area (Å²) in [4.78, 5) is 42.5. The predicted molar refractivity (Wildman–Crippen MR) is 140 cm³/mol. The van der Waals surface area contributed by atoms with Gasteiger partial charge >= 0.3 is 0 Å². The first kappa shape index (κ1) is 26.3. The number of aliphatic hydroxyl groups excluding tert-OH is 1. The molecular weight excluding hydrogens is 534 g/mol. The van der Waals surface area contributed by atoms with E-state index in [1.54, 1.807) is 40.9 Å². The minimum Gasteiger partial charge on any atom is -0.494 e. The van der Waals surface area contributed by atoms with Crippen LogP contribution in [0.4, 0.5) is 5.69 Å². The van der Waals surface area contributed by atoms with E-state index in [2.05, 4.69) is 26.6 Å². The number of amides is 3. The molecule has 3 aliphatic heterocycles. The molecule has 192 valence electrons. The molecule has 2 bridgehead atoms. The van der Waals surface area contributed by atoms with Gasteiger partial charge < -0.3 is 25.4 Å². The molecule has 0 radical (unpaired) electrons. The van der Waals surface area contributed by atoms with Crippen molar-refractivity contribution < 1.29 is 24.2 Å². The topological polar surface area (TPSA) is 108 Å². The van der Waals surface area contributed by atoms with Gasteiger partial charge in [-0.1, -0.05) is 15.9 Å². The van der Waals surface area contributed by atoms with Crippen LogP contribution in [0.15, 0.2) is 24.3 Å². The van der Waals surface area contributed by atoms with E-state index in [0.717, 1.165) is 5.75 Å². The highest BCUT2D eigenvalue weighted by Gasteiger charge is 2.75. The van der Waals surface area contributed by atoms with Crippen molar-refractivity contribution in [2.75, 3.05) is 25.1 Å². The van der Waals surface area contributed by atoms with Crippen molar-refractivity contribution in [1.82, 2.24) is 10.2 Å². The fourth-order valence-corrected chi connectivity index (χ4v) is 9.29. The number of aliphatic hydroxyl groups is 1. The minimum absolute atomic E-state index is 0.00959. The van der Waals surface area contributed by atoms with Crippen molar-refractivity contribution in [3.05, 3.63) is 24.3 Å². The minimum atomic E-state index is -0.693. The van der Waals surface area contributed by atoms with Gasteiger partial charge in [-0.25, -0.2) is 0 Å². The fraction of sp³-hybridized carbons (Fsp3) is 0.640. The Labute approximate surface area is 219 Å². The van der Waals surface area contributed by atoms with Crippen molar-refractivity contribution in [3.63, 3.8) is 0 Å². The van der Waals surface area contributed by atoms with E-state index in [1.165, 1.54) is 0 Å². The largest absolute Gasteiger partial charge is 0.494 e. The Hall–Kier alpha value is -1.78. The van der Waals surface area contributed by atoms with Crippen LogP contribution < -0.4 is 15.4 Å². The Morgan fingerprint density at radius 1 is 1.26 bits per heavy atom. The van der Waals surface area contributed by atoms with Gasteiger partial charge in [-0.15, -0.1) is 11.8 Å². The Bertz CT molecular complexity index is 984. The lowest BCUT2D eigenvalue weighted by Gasteiger charge is -2.36. The van der Waals surface area contributed by atoms with Crippen LogP contribution in [0.3, 0.4) is 0 Å². The van der Waals surface area contributed by atoms with Crippen LogP contribution in [-0.2, 0) is 14.4 Å². The third-order valence-electron chi connectivity index (χ3n) is 6.83. The zero-order valence-electron chi connectivity index (χ0n) is 20.5. The number of rotatable bonds is 8. The lowest BCUT2D eigenvalue weighted by molar-refractivity contribution is -0.139. The molecule has 6 atom stereocenters. The Morgan fingerprint density at radius 2 is 1.94 bits per heavy atom. The number of thioether (sulfide) groups is 1. The number of hydrogen-bond acceptors (Lipinski definition) is 6. The van der Waals surface area contributed by atoms with Gasteiger partial charge in [-0.2, -0.15) is 0 Å². The van der Waals surface area contributed by atoms with Gasteiger partial charge in [0, 0.05) is 34.5 Å². The molecule has 10 heteroatoms. The SMILES string of the molecule is CCOc1ccc(NC(=O)[C@H]2[C@@H]3SC4(CC3Br)C(C(=O)NC(C)(C)C)N(CCCO)C(=O)[C@H]24)cc1. The van der Waals surface area contributed by atoms with E-state index < -0.39 is 28.2 Å². The number of anilines is 1. The summed E-state index contributed by atoms with van der Waals surface area (Å²) in [7, 11) is 0. The molecule has 3 fully saturated rings. The average molecular weight is 569 g/mol. The highest BCUT2D eigenvalue weighted by molar-refractivity contribution is 9.09. The molecule has 0 saturated carbocycles. The van der Waals surface area contributed by atoms with E-state index in [9.17, 15) is 19.5 Å². The van der Waals surface area contributed by atoms with Crippen LogP contribution in [0.1, 0.15) is 40.5 Å². The zero-order valence-corrected chi connectivity index (χ0v) is 22.9. The van der Waals surface area contributed by atoms with Crippen molar-refractivity contribution >= 4 is 51.1 Å². The summed E-state index contributed by atoms with van der Waals surface area (Å²) in [5.41, 5.74) is 0.174. The number of ether oxygens (including phenoxy) is 1. The number of hydrogen-bond donors (Lipinski definition) is 3. The van der Waals surface area contributed by atoms with Crippen molar-refractivity contribution in [3.8, 4) is 5.75 Å². The summed E-state index contributed by atoms with van der Waals surface area (Å²) in [6.07, 6.45) is 1.01. The quantitative estimate of drug-likeness (QED) is 0.417. The third kappa shape index (κ3) is 4.81. The van der Waals surface area contributed by atoms with Crippen LogP contribution in [0.5, 0.6) is 5.75 Å². The summed E-state index contributed by atoms with van der Waals surface area (Å²) in [6.45, 7) is 8.40. The Kier molecular flexibility index (Phi) is 7.46. The number of alkyl halides is 1. The molecule has 3 amide bonds. The maximum Gasteiger partial charge on any atom is 0.244 e. The van der Waals surface area contributed by atoms with Gasteiger partial charge in [-0.05, 0) is 64.8 Å². The van der Waals surface area contributed by atoms with E-state index >= 15 is 0 Å². The van der Waals surface area contributed by atoms with Gasteiger partial charge in [0.1, 0.15) is 11.8 Å².